The molecule has 1 saturated heterocycles. The summed E-state index contributed by atoms with van der Waals surface area (Å²) in [7, 11) is 0. The quantitative estimate of drug-likeness (QED) is 0.711. The fourth-order valence-corrected chi connectivity index (χ4v) is 3.88. The number of aromatic amines is 1. The number of fused-ring (bicyclic) bond motifs is 1. The molecule has 2 amide bonds. The number of benzene rings is 1. The lowest BCUT2D eigenvalue weighted by atomic mass is 9.95. The van der Waals surface area contributed by atoms with Gasteiger partial charge in [-0.15, -0.1) is 0 Å². The lowest BCUT2D eigenvalue weighted by molar-refractivity contribution is -0.139. The van der Waals surface area contributed by atoms with Crippen molar-refractivity contribution in [2.75, 3.05) is 6.54 Å². The number of rotatable bonds is 8. The van der Waals surface area contributed by atoms with Crippen LogP contribution in [0.4, 0.5) is 0 Å². The van der Waals surface area contributed by atoms with Crippen molar-refractivity contribution >= 4 is 22.8 Å². The molecule has 1 fully saturated rings. The van der Waals surface area contributed by atoms with Crippen LogP contribution in [0.1, 0.15) is 63.7 Å². The fraction of sp³-hybridized carbons (Fsp3) is 0.550. The number of hydrogen-bond donors (Lipinski definition) is 2. The van der Waals surface area contributed by atoms with E-state index in [4.69, 9.17) is 5.73 Å². The molecule has 0 radical (unpaired) electrons. The number of carbonyl (C=O) groups excluding carboxylic acids is 2. The highest BCUT2D eigenvalue weighted by molar-refractivity contribution is 5.85. The number of para-hydroxylation sites is 2. The molecule has 3 N–H and O–H groups in total. The second-order valence-electron chi connectivity index (χ2n) is 7.19. The van der Waals surface area contributed by atoms with Gasteiger partial charge in [-0.2, -0.15) is 0 Å². The molecule has 2 heterocycles. The molecule has 2 atom stereocenters. The minimum atomic E-state index is -0.403. The SMILES string of the molecule is CCCCC[C@H](CC(N)=O)C(=O)N1CCC[C@H]1c1nc2ccccc2[nH]1. The molecular formula is C20H28N4O2. The van der Waals surface area contributed by atoms with Gasteiger partial charge in [0.2, 0.25) is 11.8 Å². The van der Waals surface area contributed by atoms with E-state index in [9.17, 15) is 9.59 Å². The molecule has 1 aliphatic heterocycles. The monoisotopic (exact) mass is 356 g/mol. The summed E-state index contributed by atoms with van der Waals surface area (Å²) in [4.78, 5) is 34.6. The van der Waals surface area contributed by atoms with Crippen LogP contribution in [-0.2, 0) is 9.59 Å². The van der Waals surface area contributed by atoms with Crippen LogP contribution in [0, 0.1) is 5.92 Å². The third-order valence-electron chi connectivity index (χ3n) is 5.21. The molecule has 1 aromatic carbocycles. The van der Waals surface area contributed by atoms with E-state index in [-0.39, 0.29) is 24.3 Å². The number of imidazole rings is 1. The highest BCUT2D eigenvalue weighted by Gasteiger charge is 2.35. The van der Waals surface area contributed by atoms with E-state index in [1.807, 2.05) is 29.2 Å². The Bertz CT molecular complexity index is 737. The van der Waals surface area contributed by atoms with Crippen molar-refractivity contribution in [2.24, 2.45) is 11.7 Å². The molecule has 26 heavy (non-hydrogen) atoms. The summed E-state index contributed by atoms with van der Waals surface area (Å²) in [5, 5.41) is 0. The number of nitrogens with two attached hydrogens (primary N) is 1. The van der Waals surface area contributed by atoms with Crippen molar-refractivity contribution in [3.05, 3.63) is 30.1 Å². The molecule has 0 bridgehead atoms. The van der Waals surface area contributed by atoms with Crippen molar-refractivity contribution in [3.63, 3.8) is 0 Å². The molecule has 6 heteroatoms. The molecular weight excluding hydrogens is 328 g/mol. The normalized spacial score (nSPS) is 18.3. The van der Waals surface area contributed by atoms with Gasteiger partial charge >= 0.3 is 0 Å². The Morgan fingerprint density at radius 3 is 2.88 bits per heavy atom. The van der Waals surface area contributed by atoms with Crippen molar-refractivity contribution in [1.82, 2.24) is 14.9 Å². The van der Waals surface area contributed by atoms with Gasteiger partial charge in [0.05, 0.1) is 17.1 Å². The zero-order chi connectivity index (χ0) is 18.5. The number of aromatic nitrogens is 2. The van der Waals surface area contributed by atoms with Crippen molar-refractivity contribution in [2.45, 2.75) is 57.9 Å². The summed E-state index contributed by atoms with van der Waals surface area (Å²) in [6, 6.07) is 7.85. The highest BCUT2D eigenvalue weighted by atomic mass is 16.2. The molecule has 140 valence electrons. The predicted octanol–water partition coefficient (Wildman–Crippen LogP) is 3.30. The maximum Gasteiger partial charge on any atom is 0.226 e. The maximum atomic E-state index is 13.2. The lowest BCUT2D eigenvalue weighted by Gasteiger charge is -2.27. The smallest absolute Gasteiger partial charge is 0.226 e. The first-order chi connectivity index (χ1) is 12.6. The van der Waals surface area contributed by atoms with E-state index in [0.29, 0.717) is 6.54 Å². The summed E-state index contributed by atoms with van der Waals surface area (Å²) < 4.78 is 0. The van der Waals surface area contributed by atoms with Gasteiger partial charge in [-0.05, 0) is 31.4 Å². The van der Waals surface area contributed by atoms with Gasteiger partial charge in [-0.25, -0.2) is 4.98 Å². The Morgan fingerprint density at radius 2 is 2.15 bits per heavy atom. The third-order valence-corrected chi connectivity index (χ3v) is 5.21. The molecule has 0 saturated carbocycles. The summed E-state index contributed by atoms with van der Waals surface area (Å²) in [5.74, 6) is 0.162. The number of primary amides is 1. The Labute approximate surface area is 154 Å². The van der Waals surface area contributed by atoms with Crippen LogP contribution in [-0.4, -0.2) is 33.2 Å². The molecule has 0 aliphatic carbocycles. The first-order valence-corrected chi connectivity index (χ1v) is 9.63. The van der Waals surface area contributed by atoms with Crippen LogP contribution in [0.5, 0.6) is 0 Å². The number of nitrogens with zero attached hydrogens (tertiary/aromatic N) is 2. The second-order valence-corrected chi connectivity index (χ2v) is 7.19. The van der Waals surface area contributed by atoms with Crippen LogP contribution in [0.15, 0.2) is 24.3 Å². The van der Waals surface area contributed by atoms with Crippen LogP contribution >= 0.6 is 0 Å². The lowest BCUT2D eigenvalue weighted by Crippen LogP contribution is -2.37. The van der Waals surface area contributed by atoms with Gasteiger partial charge in [0.15, 0.2) is 0 Å². The number of hydrogen-bond acceptors (Lipinski definition) is 3. The van der Waals surface area contributed by atoms with E-state index in [1.165, 1.54) is 0 Å². The zero-order valence-electron chi connectivity index (χ0n) is 15.4. The minimum absolute atomic E-state index is 0.0443. The highest BCUT2D eigenvalue weighted by Crippen LogP contribution is 2.33. The van der Waals surface area contributed by atoms with Crippen LogP contribution in [0.3, 0.4) is 0 Å². The molecule has 6 nitrogen and oxygen atoms in total. The molecule has 2 aromatic rings. The summed E-state index contributed by atoms with van der Waals surface area (Å²) in [6.07, 6.45) is 5.79. The Kier molecular flexibility index (Phi) is 5.91. The van der Waals surface area contributed by atoms with E-state index in [2.05, 4.69) is 16.9 Å². The molecule has 1 aromatic heterocycles. The van der Waals surface area contributed by atoms with Crippen LogP contribution in [0.25, 0.3) is 11.0 Å². The summed E-state index contributed by atoms with van der Waals surface area (Å²) in [6.45, 7) is 2.84. The number of H-pyrrole nitrogens is 1. The van der Waals surface area contributed by atoms with Gasteiger partial charge in [0.1, 0.15) is 5.82 Å². The molecule has 0 unspecified atom stereocenters. The molecule has 3 rings (SSSR count). The maximum absolute atomic E-state index is 13.2. The van der Waals surface area contributed by atoms with Crippen LogP contribution < -0.4 is 5.73 Å². The van der Waals surface area contributed by atoms with E-state index in [1.54, 1.807) is 0 Å². The first kappa shape index (κ1) is 18.4. The van der Waals surface area contributed by atoms with E-state index in [0.717, 1.165) is 55.4 Å². The summed E-state index contributed by atoms with van der Waals surface area (Å²) >= 11 is 0. The number of nitrogens with one attached hydrogen (secondary N) is 1. The average Bonchev–Trinajstić information content (AvgIpc) is 3.26. The molecule has 1 aliphatic rings. The Morgan fingerprint density at radius 1 is 1.35 bits per heavy atom. The number of amides is 2. The van der Waals surface area contributed by atoms with E-state index < -0.39 is 5.91 Å². The molecule has 0 spiro atoms. The fourth-order valence-electron chi connectivity index (χ4n) is 3.88. The topological polar surface area (TPSA) is 92.1 Å². The predicted molar refractivity (Wildman–Crippen MR) is 101 cm³/mol. The standard InChI is InChI=1S/C20H28N4O2/c1-2-3-4-8-14(13-18(21)25)20(26)24-12-7-11-17(24)19-22-15-9-5-6-10-16(15)23-19/h5-6,9-10,14,17H,2-4,7-8,11-13H2,1H3,(H2,21,25)(H,22,23)/t14-,17+/m1/s1. The van der Waals surface area contributed by atoms with Gasteiger partial charge in [-0.1, -0.05) is 38.3 Å². The zero-order valence-corrected chi connectivity index (χ0v) is 15.4. The van der Waals surface area contributed by atoms with Crippen LogP contribution in [0.2, 0.25) is 0 Å². The first-order valence-electron chi connectivity index (χ1n) is 9.63. The van der Waals surface area contributed by atoms with Crippen molar-refractivity contribution in [1.29, 1.82) is 0 Å². The van der Waals surface area contributed by atoms with Gasteiger partial charge in [0.25, 0.3) is 0 Å². The minimum Gasteiger partial charge on any atom is -0.370 e. The number of carbonyl (C=O) groups is 2. The average molecular weight is 356 g/mol. The Balaban J connectivity index is 1.78. The van der Waals surface area contributed by atoms with Crippen molar-refractivity contribution in [3.8, 4) is 0 Å². The van der Waals surface area contributed by atoms with E-state index >= 15 is 0 Å². The third kappa shape index (κ3) is 4.06. The van der Waals surface area contributed by atoms with Gasteiger partial charge < -0.3 is 15.6 Å². The number of likely N-dealkylation sites (tertiary alicyclic amines) is 1. The van der Waals surface area contributed by atoms with Gasteiger partial charge in [0, 0.05) is 18.9 Å². The summed E-state index contributed by atoms with van der Waals surface area (Å²) in [5.41, 5.74) is 7.30. The largest absolute Gasteiger partial charge is 0.370 e. The number of unbranched alkanes of at least 4 members (excludes halogenated alkanes) is 2. The Hall–Kier alpha value is -2.37. The van der Waals surface area contributed by atoms with Crippen molar-refractivity contribution < 1.29 is 9.59 Å². The van der Waals surface area contributed by atoms with Gasteiger partial charge in [-0.3, -0.25) is 9.59 Å². The second kappa shape index (κ2) is 8.34.